The van der Waals surface area contributed by atoms with E-state index in [1.165, 1.54) is 11.3 Å². The summed E-state index contributed by atoms with van der Waals surface area (Å²) in [6.07, 6.45) is 1.71. The van der Waals surface area contributed by atoms with E-state index >= 15 is 0 Å². The number of halogens is 2. The Morgan fingerprint density at radius 1 is 1.27 bits per heavy atom. The van der Waals surface area contributed by atoms with Gasteiger partial charge in [0, 0.05) is 28.9 Å². The molecule has 0 amide bonds. The third-order valence-corrected chi connectivity index (χ3v) is 7.61. The van der Waals surface area contributed by atoms with Gasteiger partial charge in [0.05, 0.1) is 0 Å². The maximum Gasteiger partial charge on any atom is 0.252 e. The number of fused-ring (bicyclic) bond motifs is 1. The number of hydrogen-bond donors (Lipinski definition) is 1. The fraction of sp³-hybridized carbons (Fsp3) is 0.429. The smallest absolute Gasteiger partial charge is 0.252 e. The van der Waals surface area contributed by atoms with E-state index in [4.69, 9.17) is 11.6 Å². The van der Waals surface area contributed by atoms with Crippen LogP contribution in [0.5, 0.6) is 0 Å². The summed E-state index contributed by atoms with van der Waals surface area (Å²) in [6.45, 7) is 1.14. The Kier molecular flexibility index (Phi) is 5.74. The van der Waals surface area contributed by atoms with E-state index < -0.39 is 10.0 Å². The quantitative estimate of drug-likeness (QED) is 0.887. The number of hydrogen-bond acceptors (Lipinski definition) is 4. The molecule has 0 radical (unpaired) electrons. The molecule has 0 unspecified atom stereocenters. The van der Waals surface area contributed by atoms with Crippen LogP contribution < -0.4 is 5.32 Å². The molecule has 22 heavy (non-hydrogen) atoms. The van der Waals surface area contributed by atoms with Crippen molar-refractivity contribution in [2.75, 3.05) is 20.1 Å². The zero-order valence-electron chi connectivity index (χ0n) is 12.1. The molecule has 8 heteroatoms. The molecule has 4 nitrogen and oxygen atoms in total. The molecule has 1 aliphatic heterocycles. The summed E-state index contributed by atoms with van der Waals surface area (Å²) in [6, 6.07) is 7.60. The molecule has 1 aromatic heterocycles. The Balaban J connectivity index is 0.00000176. The van der Waals surface area contributed by atoms with Crippen molar-refractivity contribution in [2.24, 2.45) is 0 Å². The van der Waals surface area contributed by atoms with Crippen LogP contribution in [0.3, 0.4) is 0 Å². The second kappa shape index (κ2) is 7.03. The van der Waals surface area contributed by atoms with Gasteiger partial charge < -0.3 is 5.32 Å². The molecule has 0 spiro atoms. The van der Waals surface area contributed by atoms with Crippen LogP contribution in [0, 0.1) is 0 Å². The summed E-state index contributed by atoms with van der Waals surface area (Å²) in [4.78, 5) is 0. The number of benzene rings is 1. The minimum absolute atomic E-state index is 0. The van der Waals surface area contributed by atoms with Crippen LogP contribution in [0.25, 0.3) is 10.1 Å². The molecule has 1 aliphatic rings. The summed E-state index contributed by atoms with van der Waals surface area (Å²) < 4.78 is 28.4. The highest BCUT2D eigenvalue weighted by atomic mass is 35.5. The summed E-state index contributed by atoms with van der Waals surface area (Å²) >= 11 is 7.27. The van der Waals surface area contributed by atoms with Crippen molar-refractivity contribution in [3.8, 4) is 0 Å². The van der Waals surface area contributed by atoms with Gasteiger partial charge in [0.15, 0.2) is 0 Å². The van der Waals surface area contributed by atoms with Crippen molar-refractivity contribution in [3.05, 3.63) is 29.3 Å². The molecular formula is C14H18Cl2N2O2S2. The zero-order valence-corrected chi connectivity index (χ0v) is 15.3. The first-order valence-corrected chi connectivity index (χ1v) is 9.50. The van der Waals surface area contributed by atoms with E-state index in [0.29, 0.717) is 28.4 Å². The predicted octanol–water partition coefficient (Wildman–Crippen LogP) is 3.35. The van der Waals surface area contributed by atoms with Crippen molar-refractivity contribution in [1.29, 1.82) is 0 Å². The summed E-state index contributed by atoms with van der Waals surface area (Å²) in [7, 11) is -1.47. The first-order valence-electron chi connectivity index (χ1n) is 6.87. The highest BCUT2D eigenvalue weighted by molar-refractivity contribution is 7.91. The lowest BCUT2D eigenvalue weighted by atomic mass is 10.1. The Labute approximate surface area is 145 Å². The molecule has 0 saturated carbocycles. The third kappa shape index (κ3) is 3.42. The van der Waals surface area contributed by atoms with E-state index in [0.717, 1.165) is 22.9 Å². The van der Waals surface area contributed by atoms with Gasteiger partial charge in [0.25, 0.3) is 10.0 Å². The van der Waals surface area contributed by atoms with Gasteiger partial charge >= 0.3 is 0 Å². The van der Waals surface area contributed by atoms with E-state index in [1.54, 1.807) is 22.5 Å². The molecule has 0 aliphatic carbocycles. The molecule has 1 N–H and O–H groups in total. The highest BCUT2D eigenvalue weighted by Gasteiger charge is 2.30. The minimum atomic E-state index is -3.39. The summed E-state index contributed by atoms with van der Waals surface area (Å²) in [5, 5.41) is 4.72. The summed E-state index contributed by atoms with van der Waals surface area (Å²) in [5.41, 5.74) is 0. The molecule has 1 aromatic carbocycles. The van der Waals surface area contributed by atoms with E-state index in [1.807, 2.05) is 13.1 Å². The van der Waals surface area contributed by atoms with Crippen LogP contribution in [-0.2, 0) is 10.0 Å². The van der Waals surface area contributed by atoms with Crippen molar-refractivity contribution in [2.45, 2.75) is 23.1 Å². The fourth-order valence-corrected chi connectivity index (χ4v) is 5.81. The van der Waals surface area contributed by atoms with Crippen LogP contribution in [0.2, 0.25) is 5.02 Å². The first-order chi connectivity index (χ1) is 10.0. The van der Waals surface area contributed by atoms with Crippen LogP contribution in [0.4, 0.5) is 0 Å². The second-order valence-electron chi connectivity index (χ2n) is 5.21. The Morgan fingerprint density at radius 3 is 2.59 bits per heavy atom. The van der Waals surface area contributed by atoms with E-state index in [2.05, 4.69) is 5.32 Å². The van der Waals surface area contributed by atoms with Crippen LogP contribution in [0.1, 0.15) is 12.8 Å². The van der Waals surface area contributed by atoms with Gasteiger partial charge in [0.1, 0.15) is 4.21 Å². The average molecular weight is 381 g/mol. The second-order valence-corrected chi connectivity index (χ2v) is 8.90. The van der Waals surface area contributed by atoms with Gasteiger partial charge in [-0.1, -0.05) is 11.6 Å². The maximum atomic E-state index is 12.7. The van der Waals surface area contributed by atoms with E-state index in [-0.39, 0.29) is 12.4 Å². The lowest BCUT2D eigenvalue weighted by Crippen LogP contribution is -2.43. The van der Waals surface area contributed by atoms with Crippen molar-refractivity contribution in [1.82, 2.24) is 9.62 Å². The molecule has 1 fully saturated rings. The number of piperidine rings is 1. The number of nitrogens with zero attached hydrogens (tertiary/aromatic N) is 1. The van der Waals surface area contributed by atoms with Gasteiger partial charge in [0.2, 0.25) is 0 Å². The lowest BCUT2D eigenvalue weighted by Gasteiger charge is -2.30. The third-order valence-electron chi connectivity index (χ3n) is 3.91. The van der Waals surface area contributed by atoms with Crippen molar-refractivity contribution in [3.63, 3.8) is 0 Å². The molecular weight excluding hydrogens is 363 g/mol. The van der Waals surface area contributed by atoms with Crippen LogP contribution >= 0.6 is 35.3 Å². The molecule has 2 heterocycles. The Hall–Kier alpha value is -0.370. The van der Waals surface area contributed by atoms with Gasteiger partial charge in [-0.2, -0.15) is 4.31 Å². The highest BCUT2D eigenvalue weighted by Crippen LogP contribution is 2.33. The molecule has 2 aromatic rings. The molecule has 0 atom stereocenters. The zero-order chi connectivity index (χ0) is 15.0. The number of rotatable bonds is 3. The number of sulfonamides is 1. The Bertz CT molecular complexity index is 753. The lowest BCUT2D eigenvalue weighted by molar-refractivity contribution is 0.299. The Morgan fingerprint density at radius 2 is 1.95 bits per heavy atom. The molecule has 1 saturated heterocycles. The fourth-order valence-electron chi connectivity index (χ4n) is 2.63. The average Bonchev–Trinajstić information content (AvgIpc) is 2.91. The maximum absolute atomic E-state index is 12.7. The normalized spacial score (nSPS) is 17.5. The van der Waals surface area contributed by atoms with Gasteiger partial charge in [-0.3, -0.25) is 0 Å². The molecule has 122 valence electrons. The van der Waals surface area contributed by atoms with Crippen molar-refractivity contribution >= 4 is 55.5 Å². The van der Waals surface area contributed by atoms with Gasteiger partial charge in [-0.15, -0.1) is 23.7 Å². The SMILES string of the molecule is CNC1CCN(S(=O)(=O)c2cc3cc(Cl)ccc3s2)CC1.Cl. The minimum Gasteiger partial charge on any atom is -0.317 e. The molecule has 0 bridgehead atoms. The molecule has 3 rings (SSSR count). The monoisotopic (exact) mass is 380 g/mol. The van der Waals surface area contributed by atoms with Crippen molar-refractivity contribution < 1.29 is 8.42 Å². The van der Waals surface area contributed by atoms with Crippen LogP contribution in [-0.4, -0.2) is 38.9 Å². The van der Waals surface area contributed by atoms with Gasteiger partial charge in [-0.25, -0.2) is 8.42 Å². The predicted molar refractivity (Wildman–Crippen MR) is 94.9 cm³/mol. The summed E-state index contributed by atoms with van der Waals surface area (Å²) in [5.74, 6) is 0. The first kappa shape index (κ1) is 18.0. The van der Waals surface area contributed by atoms with Crippen LogP contribution in [0.15, 0.2) is 28.5 Å². The largest absolute Gasteiger partial charge is 0.317 e. The van der Waals surface area contributed by atoms with Gasteiger partial charge in [-0.05, 0) is 49.5 Å². The topological polar surface area (TPSA) is 49.4 Å². The number of nitrogens with one attached hydrogen (secondary N) is 1. The number of thiophene rings is 1. The standard InChI is InChI=1S/C14H17ClN2O2S2.ClH/c1-16-12-4-6-17(7-5-12)21(18,19)14-9-10-8-11(15)2-3-13(10)20-14;/h2-3,8-9,12,16H,4-7H2,1H3;1H. The van der Waals surface area contributed by atoms with E-state index in [9.17, 15) is 8.42 Å².